The zero-order chi connectivity index (χ0) is 21.3. The molecule has 2 aromatic carbocycles. The molecule has 1 aliphatic rings. The molecule has 1 saturated carbocycles. The van der Waals surface area contributed by atoms with E-state index in [1.54, 1.807) is 12.1 Å². The van der Waals surface area contributed by atoms with E-state index in [0.717, 1.165) is 31.2 Å². The van der Waals surface area contributed by atoms with E-state index in [1.807, 2.05) is 31.2 Å². The fraction of sp³-hybridized carbons (Fsp3) is 0.391. The minimum Gasteiger partial charge on any atom is -0.336 e. The first-order valence-corrected chi connectivity index (χ1v) is 10.5. The second kappa shape index (κ2) is 10.6. The number of aryl methyl sites for hydroxylation is 1. The first kappa shape index (κ1) is 21.6. The van der Waals surface area contributed by atoms with Crippen molar-refractivity contribution in [3.05, 3.63) is 59.9 Å². The molecule has 0 unspecified atom stereocenters. The van der Waals surface area contributed by atoms with Gasteiger partial charge in [0.25, 0.3) is 0 Å². The van der Waals surface area contributed by atoms with Gasteiger partial charge in [-0.2, -0.15) is 0 Å². The molecule has 0 aromatic heterocycles. The lowest BCUT2D eigenvalue weighted by Crippen LogP contribution is -2.46. The predicted molar refractivity (Wildman–Crippen MR) is 117 cm³/mol. The molecule has 3 rings (SSSR count). The minimum atomic E-state index is -0.372. The number of amides is 4. The van der Waals surface area contributed by atoms with Gasteiger partial charge in [-0.25, -0.2) is 14.0 Å². The first-order chi connectivity index (χ1) is 14.5. The fourth-order valence-corrected chi connectivity index (χ4v) is 3.65. The van der Waals surface area contributed by atoms with Crippen LogP contribution in [-0.2, 0) is 0 Å². The number of urea groups is 2. The van der Waals surface area contributed by atoms with Gasteiger partial charge in [-0.1, -0.05) is 31.4 Å². The van der Waals surface area contributed by atoms with Crippen LogP contribution in [0.15, 0.2) is 48.5 Å². The van der Waals surface area contributed by atoms with Gasteiger partial charge in [0.1, 0.15) is 5.82 Å². The second-order valence-corrected chi connectivity index (χ2v) is 7.66. The molecule has 0 aliphatic heterocycles. The van der Waals surface area contributed by atoms with Crippen LogP contribution in [0.1, 0.15) is 37.7 Å². The standard InChI is InChI=1S/C23H29FN4O2/c1-17-6-5-9-20(16-17)27-23(30)28(21-12-10-18(24)11-13-21)15-14-25-22(29)26-19-7-3-2-4-8-19/h5-6,9-13,16,19H,2-4,7-8,14-15H2,1H3,(H,27,30)(H2,25,26,29). The number of hydrogen-bond donors (Lipinski definition) is 3. The van der Waals surface area contributed by atoms with Crippen molar-refractivity contribution in [3.8, 4) is 0 Å². The average Bonchev–Trinajstić information content (AvgIpc) is 2.73. The van der Waals surface area contributed by atoms with Crippen molar-refractivity contribution in [2.75, 3.05) is 23.3 Å². The molecule has 0 radical (unpaired) electrons. The van der Waals surface area contributed by atoms with Crippen molar-refractivity contribution in [3.63, 3.8) is 0 Å². The number of carbonyl (C=O) groups excluding carboxylic acids is 2. The van der Waals surface area contributed by atoms with Crippen LogP contribution in [0.25, 0.3) is 0 Å². The number of nitrogens with one attached hydrogen (secondary N) is 3. The maximum absolute atomic E-state index is 13.3. The van der Waals surface area contributed by atoms with E-state index in [4.69, 9.17) is 0 Å². The highest BCUT2D eigenvalue weighted by Gasteiger charge is 2.18. The minimum absolute atomic E-state index is 0.219. The molecule has 1 fully saturated rings. The van der Waals surface area contributed by atoms with Gasteiger partial charge >= 0.3 is 12.1 Å². The summed E-state index contributed by atoms with van der Waals surface area (Å²) in [7, 11) is 0. The zero-order valence-corrected chi connectivity index (χ0v) is 17.3. The Labute approximate surface area is 176 Å². The summed E-state index contributed by atoms with van der Waals surface area (Å²) in [6, 6.07) is 12.9. The molecule has 1 aliphatic carbocycles. The Kier molecular flexibility index (Phi) is 7.65. The van der Waals surface area contributed by atoms with E-state index in [0.29, 0.717) is 11.4 Å². The molecule has 2 aromatic rings. The topological polar surface area (TPSA) is 73.5 Å². The number of benzene rings is 2. The van der Waals surface area contributed by atoms with Gasteiger partial charge in [0.15, 0.2) is 0 Å². The lowest BCUT2D eigenvalue weighted by atomic mass is 9.96. The molecule has 4 amide bonds. The van der Waals surface area contributed by atoms with Gasteiger partial charge in [-0.3, -0.25) is 4.90 Å². The van der Waals surface area contributed by atoms with Crippen molar-refractivity contribution in [1.29, 1.82) is 0 Å². The van der Waals surface area contributed by atoms with Crippen LogP contribution in [-0.4, -0.2) is 31.2 Å². The van der Waals surface area contributed by atoms with Crippen LogP contribution < -0.4 is 20.9 Å². The summed E-state index contributed by atoms with van der Waals surface area (Å²) in [6.07, 6.45) is 5.52. The Balaban J connectivity index is 1.60. The summed E-state index contributed by atoms with van der Waals surface area (Å²) in [6.45, 7) is 2.47. The Morgan fingerprint density at radius 2 is 1.80 bits per heavy atom. The number of nitrogens with zero attached hydrogens (tertiary/aromatic N) is 1. The molecule has 160 valence electrons. The number of anilines is 2. The quantitative estimate of drug-likeness (QED) is 0.637. The number of hydrogen-bond acceptors (Lipinski definition) is 2. The molecule has 30 heavy (non-hydrogen) atoms. The van der Waals surface area contributed by atoms with Crippen LogP contribution in [0.5, 0.6) is 0 Å². The normalized spacial score (nSPS) is 14.1. The van der Waals surface area contributed by atoms with Crippen LogP contribution in [0, 0.1) is 12.7 Å². The summed E-state index contributed by atoms with van der Waals surface area (Å²) < 4.78 is 13.3. The van der Waals surface area contributed by atoms with Crippen LogP contribution in [0.2, 0.25) is 0 Å². The maximum atomic E-state index is 13.3. The summed E-state index contributed by atoms with van der Waals surface area (Å²) in [4.78, 5) is 26.6. The average molecular weight is 413 g/mol. The van der Waals surface area contributed by atoms with Gasteiger partial charge in [-0.15, -0.1) is 0 Å². The molecule has 0 saturated heterocycles. The van der Waals surface area contributed by atoms with E-state index in [9.17, 15) is 14.0 Å². The summed E-state index contributed by atoms with van der Waals surface area (Å²) in [5, 5.41) is 8.68. The van der Waals surface area contributed by atoms with Crippen molar-refractivity contribution in [2.45, 2.75) is 45.1 Å². The Morgan fingerprint density at radius 1 is 1.07 bits per heavy atom. The number of rotatable bonds is 6. The van der Waals surface area contributed by atoms with Crippen molar-refractivity contribution >= 4 is 23.4 Å². The van der Waals surface area contributed by atoms with Gasteiger partial charge in [0, 0.05) is 30.5 Å². The van der Waals surface area contributed by atoms with Crippen molar-refractivity contribution in [2.24, 2.45) is 0 Å². The summed E-state index contributed by atoms with van der Waals surface area (Å²) in [5.41, 5.74) is 2.26. The van der Waals surface area contributed by atoms with E-state index >= 15 is 0 Å². The third-order valence-electron chi connectivity index (χ3n) is 5.21. The van der Waals surface area contributed by atoms with Crippen molar-refractivity contribution < 1.29 is 14.0 Å². The third-order valence-corrected chi connectivity index (χ3v) is 5.21. The SMILES string of the molecule is Cc1cccc(NC(=O)N(CCNC(=O)NC2CCCCC2)c2ccc(F)cc2)c1. The van der Waals surface area contributed by atoms with Gasteiger partial charge in [-0.05, 0) is 61.7 Å². The summed E-state index contributed by atoms with van der Waals surface area (Å²) in [5.74, 6) is -0.372. The van der Waals surface area contributed by atoms with E-state index in [2.05, 4.69) is 16.0 Å². The molecular weight excluding hydrogens is 383 g/mol. The zero-order valence-electron chi connectivity index (χ0n) is 17.3. The second-order valence-electron chi connectivity index (χ2n) is 7.66. The van der Waals surface area contributed by atoms with Gasteiger partial charge < -0.3 is 16.0 Å². The maximum Gasteiger partial charge on any atom is 0.326 e. The van der Waals surface area contributed by atoms with E-state index in [1.165, 1.54) is 23.5 Å². The molecular formula is C23H29FN4O2. The smallest absolute Gasteiger partial charge is 0.326 e. The molecule has 0 atom stereocenters. The highest BCUT2D eigenvalue weighted by Crippen LogP contribution is 2.18. The summed E-state index contributed by atoms with van der Waals surface area (Å²) >= 11 is 0. The molecule has 0 bridgehead atoms. The Morgan fingerprint density at radius 3 is 2.50 bits per heavy atom. The highest BCUT2D eigenvalue weighted by atomic mass is 19.1. The fourth-order valence-electron chi connectivity index (χ4n) is 3.65. The van der Waals surface area contributed by atoms with Gasteiger partial charge in [0.05, 0.1) is 0 Å². The van der Waals surface area contributed by atoms with Crippen molar-refractivity contribution in [1.82, 2.24) is 10.6 Å². The highest BCUT2D eigenvalue weighted by molar-refractivity contribution is 6.01. The molecule has 0 heterocycles. The lowest BCUT2D eigenvalue weighted by Gasteiger charge is -2.25. The largest absolute Gasteiger partial charge is 0.336 e. The predicted octanol–water partition coefficient (Wildman–Crippen LogP) is 4.80. The van der Waals surface area contributed by atoms with E-state index in [-0.39, 0.29) is 37.0 Å². The molecule has 0 spiro atoms. The van der Waals surface area contributed by atoms with Crippen LogP contribution in [0.4, 0.5) is 25.4 Å². The Hall–Kier alpha value is -3.09. The number of halogens is 1. The van der Waals surface area contributed by atoms with Crippen LogP contribution >= 0.6 is 0 Å². The monoisotopic (exact) mass is 412 g/mol. The van der Waals surface area contributed by atoms with E-state index < -0.39 is 0 Å². The lowest BCUT2D eigenvalue weighted by molar-refractivity contribution is 0.232. The molecule has 7 heteroatoms. The van der Waals surface area contributed by atoms with Crippen LogP contribution in [0.3, 0.4) is 0 Å². The third kappa shape index (κ3) is 6.47. The molecule has 6 nitrogen and oxygen atoms in total. The van der Waals surface area contributed by atoms with Gasteiger partial charge in [0.2, 0.25) is 0 Å². The first-order valence-electron chi connectivity index (χ1n) is 10.5. The Bertz CT molecular complexity index is 851. The molecule has 3 N–H and O–H groups in total. The number of carbonyl (C=O) groups is 2.